The summed E-state index contributed by atoms with van der Waals surface area (Å²) >= 11 is 2.22. The molecule has 0 aliphatic carbocycles. The summed E-state index contributed by atoms with van der Waals surface area (Å²) in [6, 6.07) is 18.6. The van der Waals surface area contributed by atoms with Crippen LogP contribution in [0.3, 0.4) is 0 Å². The number of thioether (sulfide) groups is 1. The smallest absolute Gasteiger partial charge is 0.452 e. The molecular formula is C25H21F3N2O4S2. The van der Waals surface area contributed by atoms with Crippen molar-refractivity contribution < 1.29 is 32.2 Å². The number of thiophene rings is 1. The monoisotopic (exact) mass is 534 g/mol. The lowest BCUT2D eigenvalue weighted by atomic mass is 9.84. The molecule has 0 spiro atoms. The van der Waals surface area contributed by atoms with Crippen LogP contribution in [-0.4, -0.2) is 46.9 Å². The van der Waals surface area contributed by atoms with Gasteiger partial charge in [-0.25, -0.2) is 0 Å². The third-order valence-electron chi connectivity index (χ3n) is 6.23. The quantitative estimate of drug-likeness (QED) is 0.372. The molecule has 36 heavy (non-hydrogen) atoms. The number of carbonyl (C=O) groups excluding carboxylic acids is 2. The minimum atomic E-state index is -4.95. The summed E-state index contributed by atoms with van der Waals surface area (Å²) in [5.41, 5.74) is 5.74. The van der Waals surface area contributed by atoms with Gasteiger partial charge in [0.15, 0.2) is 6.10 Å². The van der Waals surface area contributed by atoms with Crippen LogP contribution in [0.25, 0.3) is 0 Å². The van der Waals surface area contributed by atoms with Crippen molar-refractivity contribution in [3.63, 3.8) is 0 Å². The molecule has 2 unspecified atom stereocenters. The number of alkyl halides is 3. The van der Waals surface area contributed by atoms with Crippen LogP contribution < -0.4 is 10.5 Å². The Morgan fingerprint density at radius 2 is 1.67 bits per heavy atom. The number of hydrogen-bond acceptors (Lipinski definition) is 7. The molecule has 3 atom stereocenters. The zero-order valence-electron chi connectivity index (χ0n) is 18.7. The zero-order chi connectivity index (χ0) is 25.5. The Kier molecular flexibility index (Phi) is 6.48. The van der Waals surface area contributed by atoms with E-state index >= 15 is 0 Å². The van der Waals surface area contributed by atoms with Gasteiger partial charge in [0, 0.05) is 12.3 Å². The van der Waals surface area contributed by atoms with Crippen LogP contribution in [0.15, 0.2) is 72.1 Å². The summed E-state index contributed by atoms with van der Waals surface area (Å²) in [5, 5.41) is 1.09. The Morgan fingerprint density at radius 1 is 1.06 bits per heavy atom. The van der Waals surface area contributed by atoms with E-state index in [4.69, 9.17) is 10.5 Å². The van der Waals surface area contributed by atoms with Gasteiger partial charge < -0.3 is 20.1 Å². The van der Waals surface area contributed by atoms with Crippen molar-refractivity contribution in [2.75, 3.05) is 12.3 Å². The SMILES string of the molecule is NC1C(=O)N2CC(C(=O)OC(c3ccccc3)c3ccccc3)(c3sccc3OC(F)(F)F)CS[C@H]12. The number of esters is 1. The maximum atomic E-state index is 14.0. The summed E-state index contributed by atoms with van der Waals surface area (Å²) in [7, 11) is 0. The molecule has 2 aliphatic heterocycles. The maximum Gasteiger partial charge on any atom is 0.573 e. The van der Waals surface area contributed by atoms with Gasteiger partial charge in [-0.2, -0.15) is 0 Å². The first kappa shape index (κ1) is 24.7. The average Bonchev–Trinajstić information content (AvgIpc) is 3.34. The number of hydrogen-bond donors (Lipinski definition) is 1. The molecule has 5 rings (SSSR count). The number of rotatable bonds is 6. The molecule has 1 amide bonds. The topological polar surface area (TPSA) is 81.9 Å². The van der Waals surface area contributed by atoms with Crippen LogP contribution in [0.1, 0.15) is 22.1 Å². The van der Waals surface area contributed by atoms with E-state index in [-0.39, 0.29) is 28.5 Å². The highest BCUT2D eigenvalue weighted by molar-refractivity contribution is 8.00. The van der Waals surface area contributed by atoms with Gasteiger partial charge >= 0.3 is 12.3 Å². The molecule has 6 nitrogen and oxygen atoms in total. The Labute approximate surface area is 213 Å². The minimum absolute atomic E-state index is 0.0592. The Balaban J connectivity index is 1.55. The summed E-state index contributed by atoms with van der Waals surface area (Å²) in [4.78, 5) is 28.0. The van der Waals surface area contributed by atoms with Crippen molar-refractivity contribution in [2.24, 2.45) is 5.73 Å². The summed E-state index contributed by atoms with van der Waals surface area (Å²) < 4.78 is 49.9. The second-order valence-electron chi connectivity index (χ2n) is 8.54. The lowest BCUT2D eigenvalue weighted by molar-refractivity contribution is -0.275. The van der Waals surface area contributed by atoms with Gasteiger partial charge in [0.1, 0.15) is 22.6 Å². The van der Waals surface area contributed by atoms with Crippen molar-refractivity contribution in [3.05, 3.63) is 88.1 Å². The third-order valence-corrected chi connectivity index (χ3v) is 8.88. The lowest BCUT2D eigenvalue weighted by Crippen LogP contribution is -2.73. The fourth-order valence-corrected chi connectivity index (χ4v) is 7.07. The molecule has 2 saturated heterocycles. The molecule has 2 aliphatic rings. The van der Waals surface area contributed by atoms with Gasteiger partial charge in [0.2, 0.25) is 5.91 Å². The van der Waals surface area contributed by atoms with E-state index in [9.17, 15) is 22.8 Å². The number of nitrogens with two attached hydrogens (primary N) is 1. The van der Waals surface area contributed by atoms with Gasteiger partial charge in [-0.1, -0.05) is 60.7 Å². The van der Waals surface area contributed by atoms with Gasteiger partial charge in [-0.05, 0) is 22.6 Å². The highest BCUT2D eigenvalue weighted by Gasteiger charge is 2.59. The third kappa shape index (κ3) is 4.46. The van der Waals surface area contributed by atoms with Crippen LogP contribution in [0.2, 0.25) is 0 Å². The number of β-lactam (4-membered cyclic amide) rings is 1. The van der Waals surface area contributed by atoms with E-state index in [1.807, 2.05) is 60.7 Å². The van der Waals surface area contributed by atoms with E-state index in [0.717, 1.165) is 11.3 Å². The standard InChI is InChI=1S/C25H21F3N2O4S2/c26-25(27,28)34-17-11-12-35-20(17)24(13-30-21(31)18(29)22(30)36-14-24)23(32)33-19(15-7-3-1-4-8-15)16-9-5-2-6-10-16/h1-12,18-19,22H,13-14,29H2/t18?,22-,24?/m1/s1. The fourth-order valence-electron chi connectivity index (χ4n) is 4.49. The van der Waals surface area contributed by atoms with Gasteiger partial charge in [-0.15, -0.1) is 36.3 Å². The average molecular weight is 535 g/mol. The van der Waals surface area contributed by atoms with Gasteiger partial charge in [0.25, 0.3) is 0 Å². The van der Waals surface area contributed by atoms with Crippen molar-refractivity contribution in [2.45, 2.75) is 29.3 Å². The van der Waals surface area contributed by atoms with Crippen molar-refractivity contribution in [1.29, 1.82) is 0 Å². The molecule has 0 bridgehead atoms. The zero-order valence-corrected chi connectivity index (χ0v) is 20.3. The highest BCUT2D eigenvalue weighted by Crippen LogP contribution is 2.49. The molecule has 2 aromatic carbocycles. The normalized spacial score (nSPS) is 23.7. The Bertz CT molecular complexity index is 1220. The molecule has 0 radical (unpaired) electrons. The highest BCUT2D eigenvalue weighted by atomic mass is 32.2. The number of nitrogens with zero attached hydrogens (tertiary/aromatic N) is 1. The maximum absolute atomic E-state index is 14.0. The summed E-state index contributed by atoms with van der Waals surface area (Å²) in [6.45, 7) is -0.152. The summed E-state index contributed by atoms with van der Waals surface area (Å²) in [5.74, 6) is -1.49. The van der Waals surface area contributed by atoms with E-state index in [0.29, 0.717) is 11.1 Å². The molecule has 0 saturated carbocycles. The molecule has 3 heterocycles. The predicted octanol–water partition coefficient (Wildman–Crippen LogP) is 4.46. The van der Waals surface area contributed by atoms with Crippen molar-refractivity contribution >= 4 is 35.0 Å². The first-order valence-electron chi connectivity index (χ1n) is 11.0. The number of amides is 1. The molecule has 11 heteroatoms. The number of benzene rings is 2. The number of fused-ring (bicyclic) bond motifs is 1. The number of ether oxygens (including phenoxy) is 2. The van der Waals surface area contributed by atoms with Crippen LogP contribution >= 0.6 is 23.1 Å². The number of carbonyl (C=O) groups is 2. The molecular weight excluding hydrogens is 513 g/mol. The number of halogens is 3. The van der Waals surface area contributed by atoms with Gasteiger partial charge in [-0.3, -0.25) is 9.59 Å². The van der Waals surface area contributed by atoms with Crippen LogP contribution in [0, 0.1) is 0 Å². The summed E-state index contributed by atoms with van der Waals surface area (Å²) in [6.07, 6.45) is -5.75. The van der Waals surface area contributed by atoms with E-state index in [1.165, 1.54) is 28.1 Å². The van der Waals surface area contributed by atoms with Crippen molar-refractivity contribution in [3.8, 4) is 5.75 Å². The van der Waals surface area contributed by atoms with Crippen LogP contribution in [-0.2, 0) is 19.7 Å². The lowest BCUT2D eigenvalue weighted by Gasteiger charge is -2.53. The molecule has 2 N–H and O–H groups in total. The first-order chi connectivity index (χ1) is 17.2. The fraction of sp³-hybridized carbons (Fsp3) is 0.280. The second-order valence-corrected chi connectivity index (χ2v) is 10.6. The Hall–Kier alpha value is -3.02. The first-order valence-corrected chi connectivity index (χ1v) is 12.9. The predicted molar refractivity (Wildman–Crippen MR) is 129 cm³/mol. The van der Waals surface area contributed by atoms with Crippen LogP contribution in [0.4, 0.5) is 13.2 Å². The largest absolute Gasteiger partial charge is 0.573 e. The minimum Gasteiger partial charge on any atom is -0.452 e. The van der Waals surface area contributed by atoms with Crippen LogP contribution in [0.5, 0.6) is 5.75 Å². The Morgan fingerprint density at radius 3 is 2.25 bits per heavy atom. The molecule has 188 valence electrons. The molecule has 1 aromatic heterocycles. The van der Waals surface area contributed by atoms with E-state index < -0.39 is 35.6 Å². The second kappa shape index (κ2) is 9.45. The van der Waals surface area contributed by atoms with Crippen molar-refractivity contribution in [1.82, 2.24) is 4.90 Å². The van der Waals surface area contributed by atoms with E-state index in [2.05, 4.69) is 4.74 Å². The van der Waals surface area contributed by atoms with Gasteiger partial charge in [0.05, 0.1) is 4.88 Å². The molecule has 2 fully saturated rings. The molecule has 3 aromatic rings. The van der Waals surface area contributed by atoms with E-state index in [1.54, 1.807) is 0 Å².